The third-order valence-electron chi connectivity index (χ3n) is 6.06. The molecule has 4 unspecified atom stereocenters. The van der Waals surface area contributed by atoms with Crippen LogP contribution in [-0.2, 0) is 27.2 Å². The van der Waals surface area contributed by atoms with Crippen molar-refractivity contribution in [1.82, 2.24) is 10.2 Å². The fourth-order valence-electron chi connectivity index (χ4n) is 4.21. The number of nitrogens with one attached hydrogen (secondary N) is 1. The number of aliphatic hydroxyl groups excluding tert-OH is 1. The molecule has 2 aromatic carbocycles. The molecular formula is C25H31N3O6. The Kier molecular flexibility index (Phi) is 8.12. The maximum absolute atomic E-state index is 13.4. The molecule has 4 atom stereocenters. The quantitative estimate of drug-likeness (QED) is 0.367. The molecule has 1 aliphatic heterocycles. The van der Waals surface area contributed by atoms with Gasteiger partial charge in [-0.1, -0.05) is 31.2 Å². The minimum absolute atomic E-state index is 0.00957. The third-order valence-corrected chi connectivity index (χ3v) is 6.06. The molecule has 0 aliphatic carbocycles. The molecule has 182 valence electrons. The number of likely N-dealkylation sites (tertiary alicyclic amines) is 1. The highest BCUT2D eigenvalue weighted by Crippen LogP contribution is 2.24. The van der Waals surface area contributed by atoms with E-state index >= 15 is 0 Å². The summed E-state index contributed by atoms with van der Waals surface area (Å²) in [6, 6.07) is 10.9. The lowest BCUT2D eigenvalue weighted by Gasteiger charge is -2.28. The van der Waals surface area contributed by atoms with Crippen molar-refractivity contribution in [2.45, 2.75) is 50.8 Å². The zero-order chi connectivity index (χ0) is 24.8. The number of phenolic OH excluding ortho intramolecular Hbond substituents is 2. The SMILES string of the molecule is CC1CC(C(N)=O)N(C(=O)C(CCc2ccc(O)cc2)NC(=O)C(O)Cc2ccc(O)cc2)C1. The van der Waals surface area contributed by atoms with Crippen molar-refractivity contribution in [3.8, 4) is 11.5 Å². The van der Waals surface area contributed by atoms with Crippen molar-refractivity contribution in [3.63, 3.8) is 0 Å². The average molecular weight is 470 g/mol. The van der Waals surface area contributed by atoms with Crippen molar-refractivity contribution in [3.05, 3.63) is 59.7 Å². The van der Waals surface area contributed by atoms with E-state index in [4.69, 9.17) is 5.73 Å². The monoisotopic (exact) mass is 469 g/mol. The summed E-state index contributed by atoms with van der Waals surface area (Å²) in [6.45, 7) is 2.28. The fourth-order valence-corrected chi connectivity index (χ4v) is 4.21. The number of hydrogen-bond donors (Lipinski definition) is 5. The van der Waals surface area contributed by atoms with Crippen molar-refractivity contribution in [2.75, 3.05) is 6.54 Å². The van der Waals surface area contributed by atoms with Crippen LogP contribution >= 0.6 is 0 Å². The summed E-state index contributed by atoms with van der Waals surface area (Å²) in [6.07, 6.45) is -0.274. The highest BCUT2D eigenvalue weighted by atomic mass is 16.3. The van der Waals surface area contributed by atoms with Crippen LogP contribution in [0, 0.1) is 5.92 Å². The number of carbonyl (C=O) groups is 3. The third kappa shape index (κ3) is 6.48. The highest BCUT2D eigenvalue weighted by molar-refractivity contribution is 5.93. The van der Waals surface area contributed by atoms with Gasteiger partial charge >= 0.3 is 0 Å². The Hall–Kier alpha value is -3.59. The zero-order valence-electron chi connectivity index (χ0n) is 19.1. The molecule has 6 N–H and O–H groups in total. The minimum atomic E-state index is -1.40. The summed E-state index contributed by atoms with van der Waals surface area (Å²) in [5.74, 6) is -1.43. The van der Waals surface area contributed by atoms with Gasteiger partial charge in [-0.15, -0.1) is 0 Å². The van der Waals surface area contributed by atoms with Gasteiger partial charge < -0.3 is 31.3 Å². The van der Waals surface area contributed by atoms with Gasteiger partial charge in [-0.25, -0.2) is 0 Å². The van der Waals surface area contributed by atoms with E-state index < -0.39 is 35.9 Å². The van der Waals surface area contributed by atoms with E-state index in [1.807, 2.05) is 6.92 Å². The van der Waals surface area contributed by atoms with Gasteiger partial charge in [-0.05, 0) is 60.6 Å². The number of amides is 3. The molecule has 0 aromatic heterocycles. The average Bonchev–Trinajstić information content (AvgIpc) is 3.20. The molecule has 3 rings (SSSR count). The Bertz CT molecular complexity index is 1010. The molecule has 1 aliphatic rings. The van der Waals surface area contributed by atoms with E-state index in [1.165, 1.54) is 29.2 Å². The lowest BCUT2D eigenvalue weighted by atomic mass is 10.0. The van der Waals surface area contributed by atoms with Gasteiger partial charge in [0.25, 0.3) is 0 Å². The molecule has 9 nitrogen and oxygen atoms in total. The summed E-state index contributed by atoms with van der Waals surface area (Å²) in [7, 11) is 0. The standard InChI is InChI=1S/C25H31N3O6/c1-15-12-21(23(26)32)28(14-15)25(34)20(11-6-16-2-7-18(29)8-3-16)27-24(33)22(31)13-17-4-9-19(30)10-5-17/h2-5,7-10,15,20-22,29-31H,6,11-14H2,1H3,(H2,26,32)(H,27,33). The number of phenols is 2. The van der Waals surface area contributed by atoms with E-state index in [-0.39, 0.29) is 30.3 Å². The summed E-state index contributed by atoms with van der Waals surface area (Å²) < 4.78 is 0. The number of rotatable bonds is 9. The van der Waals surface area contributed by atoms with Gasteiger partial charge in [0, 0.05) is 13.0 Å². The van der Waals surface area contributed by atoms with E-state index in [9.17, 15) is 29.7 Å². The number of nitrogens with zero attached hydrogens (tertiary/aromatic N) is 1. The smallest absolute Gasteiger partial charge is 0.249 e. The molecule has 1 saturated heterocycles. The molecule has 0 saturated carbocycles. The number of hydrogen-bond acceptors (Lipinski definition) is 6. The van der Waals surface area contributed by atoms with Crippen LogP contribution in [0.4, 0.5) is 0 Å². The summed E-state index contributed by atoms with van der Waals surface area (Å²) in [5, 5.41) is 32.0. The second-order valence-corrected chi connectivity index (χ2v) is 8.90. The maximum atomic E-state index is 13.4. The number of nitrogens with two attached hydrogens (primary N) is 1. The van der Waals surface area contributed by atoms with Crippen molar-refractivity contribution < 1.29 is 29.7 Å². The van der Waals surface area contributed by atoms with E-state index in [2.05, 4.69) is 5.32 Å². The number of aryl methyl sites for hydroxylation is 1. The predicted molar refractivity (Wildman–Crippen MR) is 125 cm³/mol. The van der Waals surface area contributed by atoms with Crippen molar-refractivity contribution in [2.24, 2.45) is 11.7 Å². The molecule has 1 heterocycles. The lowest BCUT2D eigenvalue weighted by molar-refractivity contribution is -0.142. The van der Waals surface area contributed by atoms with Gasteiger partial charge in [0.1, 0.15) is 29.7 Å². The minimum Gasteiger partial charge on any atom is -0.508 e. The van der Waals surface area contributed by atoms with Gasteiger partial charge in [0.15, 0.2) is 0 Å². The van der Waals surface area contributed by atoms with Gasteiger partial charge in [-0.2, -0.15) is 0 Å². The highest BCUT2D eigenvalue weighted by Gasteiger charge is 2.39. The molecule has 34 heavy (non-hydrogen) atoms. The molecular weight excluding hydrogens is 438 g/mol. The maximum Gasteiger partial charge on any atom is 0.249 e. The number of aromatic hydroxyl groups is 2. The Balaban J connectivity index is 1.73. The fraction of sp³-hybridized carbons (Fsp3) is 0.400. The summed E-state index contributed by atoms with van der Waals surface area (Å²) >= 11 is 0. The first-order valence-electron chi connectivity index (χ1n) is 11.3. The Labute approximate surface area is 198 Å². The van der Waals surface area contributed by atoms with Crippen LogP contribution in [0.5, 0.6) is 11.5 Å². The number of benzene rings is 2. The van der Waals surface area contributed by atoms with Crippen LogP contribution in [0.2, 0.25) is 0 Å². The van der Waals surface area contributed by atoms with E-state index in [0.29, 0.717) is 24.9 Å². The summed E-state index contributed by atoms with van der Waals surface area (Å²) in [4.78, 5) is 39.5. The Morgan fingerprint density at radius 2 is 1.59 bits per heavy atom. The summed E-state index contributed by atoms with van der Waals surface area (Å²) in [5.41, 5.74) is 7.02. The molecule has 0 spiro atoms. The van der Waals surface area contributed by atoms with E-state index in [1.54, 1.807) is 24.3 Å². The first-order chi connectivity index (χ1) is 16.1. The lowest BCUT2D eigenvalue weighted by Crippen LogP contribution is -2.54. The second-order valence-electron chi connectivity index (χ2n) is 8.90. The molecule has 2 aromatic rings. The van der Waals surface area contributed by atoms with Crippen LogP contribution in [0.3, 0.4) is 0 Å². The molecule has 3 amide bonds. The Morgan fingerprint density at radius 3 is 2.15 bits per heavy atom. The van der Waals surface area contributed by atoms with Crippen LogP contribution in [0.1, 0.15) is 30.9 Å². The Morgan fingerprint density at radius 1 is 1.03 bits per heavy atom. The van der Waals surface area contributed by atoms with Crippen LogP contribution < -0.4 is 11.1 Å². The zero-order valence-corrected chi connectivity index (χ0v) is 19.1. The van der Waals surface area contributed by atoms with Crippen molar-refractivity contribution >= 4 is 17.7 Å². The van der Waals surface area contributed by atoms with E-state index in [0.717, 1.165) is 5.56 Å². The number of primary amides is 1. The molecule has 9 heteroatoms. The molecule has 0 radical (unpaired) electrons. The van der Waals surface area contributed by atoms with Gasteiger partial charge in [-0.3, -0.25) is 14.4 Å². The van der Waals surface area contributed by atoms with Crippen molar-refractivity contribution in [1.29, 1.82) is 0 Å². The van der Waals surface area contributed by atoms with Crippen LogP contribution in [0.15, 0.2) is 48.5 Å². The first-order valence-corrected chi connectivity index (χ1v) is 11.3. The second kappa shape index (κ2) is 11.0. The van der Waals surface area contributed by atoms with Crippen LogP contribution in [-0.4, -0.2) is 62.7 Å². The largest absolute Gasteiger partial charge is 0.508 e. The van der Waals surface area contributed by atoms with Gasteiger partial charge in [0.05, 0.1) is 0 Å². The molecule has 0 bridgehead atoms. The first kappa shape index (κ1) is 25.0. The number of aliphatic hydroxyl groups is 1. The molecule has 1 fully saturated rings. The topological polar surface area (TPSA) is 153 Å². The predicted octanol–water partition coefficient (Wildman–Crippen LogP) is 0.841. The van der Waals surface area contributed by atoms with Crippen LogP contribution in [0.25, 0.3) is 0 Å². The normalized spacial score (nSPS) is 19.4. The van der Waals surface area contributed by atoms with Gasteiger partial charge in [0.2, 0.25) is 17.7 Å². The number of carbonyl (C=O) groups excluding carboxylic acids is 3.